The molecule has 0 spiro atoms. The predicted molar refractivity (Wildman–Crippen MR) is 45.0 cm³/mol. The van der Waals surface area contributed by atoms with Gasteiger partial charge in [0.1, 0.15) is 0 Å². The van der Waals surface area contributed by atoms with Crippen molar-refractivity contribution in [1.82, 2.24) is 5.32 Å². The van der Waals surface area contributed by atoms with Crippen LogP contribution in [0.1, 0.15) is 19.3 Å². The summed E-state index contributed by atoms with van der Waals surface area (Å²) < 4.78 is 36.7. The van der Waals surface area contributed by atoms with Gasteiger partial charge in [0, 0.05) is 0 Å². The minimum atomic E-state index is -4.49. The highest BCUT2D eigenvalue weighted by molar-refractivity contribution is 5.85. The highest BCUT2D eigenvalue weighted by atomic mass is 35.5. The Balaban J connectivity index is 0.00000144. The van der Waals surface area contributed by atoms with Gasteiger partial charge in [-0.05, 0) is 32.4 Å². The molecule has 1 atom stereocenters. The standard InChI is InChI=1S/C7H12F3NO.ClH/c8-7(9,10)6(12)2-1-4-11-5-3-6;/h11-12H,1-5H2;1H. The van der Waals surface area contributed by atoms with Gasteiger partial charge in [0.05, 0.1) is 0 Å². The lowest BCUT2D eigenvalue weighted by Gasteiger charge is -2.28. The molecule has 0 aromatic carbocycles. The van der Waals surface area contributed by atoms with Crippen molar-refractivity contribution in [1.29, 1.82) is 0 Å². The number of nitrogens with one attached hydrogen (secondary N) is 1. The molecule has 0 radical (unpaired) electrons. The SMILES string of the molecule is Cl.OC1(C(F)(F)F)CCCNCC1. The van der Waals surface area contributed by atoms with Crippen molar-refractivity contribution < 1.29 is 18.3 Å². The maximum atomic E-state index is 12.2. The first-order valence-electron chi connectivity index (χ1n) is 3.95. The van der Waals surface area contributed by atoms with Crippen LogP contribution in [0.3, 0.4) is 0 Å². The van der Waals surface area contributed by atoms with E-state index in [4.69, 9.17) is 0 Å². The number of halogens is 4. The number of alkyl halides is 3. The van der Waals surface area contributed by atoms with Crippen LogP contribution < -0.4 is 5.32 Å². The monoisotopic (exact) mass is 219 g/mol. The third-order valence-corrected chi connectivity index (χ3v) is 2.19. The van der Waals surface area contributed by atoms with Crippen LogP contribution >= 0.6 is 12.4 Å². The van der Waals surface area contributed by atoms with Gasteiger partial charge in [-0.2, -0.15) is 13.2 Å². The molecule has 13 heavy (non-hydrogen) atoms. The van der Waals surface area contributed by atoms with E-state index in [0.717, 1.165) is 0 Å². The summed E-state index contributed by atoms with van der Waals surface area (Å²) in [5.41, 5.74) is -2.46. The van der Waals surface area contributed by atoms with Gasteiger partial charge in [-0.25, -0.2) is 0 Å². The molecule has 6 heteroatoms. The molecule has 2 N–H and O–H groups in total. The van der Waals surface area contributed by atoms with Gasteiger partial charge in [-0.15, -0.1) is 12.4 Å². The van der Waals surface area contributed by atoms with Gasteiger partial charge in [0.15, 0.2) is 5.60 Å². The van der Waals surface area contributed by atoms with Gasteiger partial charge in [-0.3, -0.25) is 0 Å². The van der Waals surface area contributed by atoms with Gasteiger partial charge < -0.3 is 10.4 Å². The summed E-state index contributed by atoms with van der Waals surface area (Å²) in [6, 6.07) is 0. The Morgan fingerprint density at radius 3 is 2.31 bits per heavy atom. The van der Waals surface area contributed by atoms with Crippen molar-refractivity contribution in [3.05, 3.63) is 0 Å². The first kappa shape index (κ1) is 13.0. The van der Waals surface area contributed by atoms with Gasteiger partial charge in [-0.1, -0.05) is 0 Å². The largest absolute Gasteiger partial charge is 0.417 e. The zero-order valence-corrected chi connectivity index (χ0v) is 7.84. The molecule has 0 aromatic rings. The second kappa shape index (κ2) is 4.48. The number of hydrogen-bond acceptors (Lipinski definition) is 2. The van der Waals surface area contributed by atoms with Crippen molar-refractivity contribution in [2.45, 2.75) is 31.0 Å². The normalized spacial score (nSPS) is 30.5. The van der Waals surface area contributed by atoms with Crippen molar-refractivity contribution >= 4 is 12.4 Å². The molecule has 1 aliphatic heterocycles. The highest BCUT2D eigenvalue weighted by Gasteiger charge is 2.52. The van der Waals surface area contributed by atoms with Crippen LogP contribution in [-0.4, -0.2) is 30.0 Å². The van der Waals surface area contributed by atoms with Crippen molar-refractivity contribution in [2.75, 3.05) is 13.1 Å². The van der Waals surface area contributed by atoms with E-state index in [1.807, 2.05) is 0 Å². The van der Waals surface area contributed by atoms with Crippen LogP contribution in [0.2, 0.25) is 0 Å². The Morgan fingerprint density at radius 1 is 1.15 bits per heavy atom. The topological polar surface area (TPSA) is 32.3 Å². The molecule has 1 rings (SSSR count). The van der Waals surface area contributed by atoms with E-state index in [9.17, 15) is 18.3 Å². The molecule has 0 bridgehead atoms. The van der Waals surface area contributed by atoms with E-state index in [1.165, 1.54) is 0 Å². The molecule has 0 aliphatic carbocycles. The molecule has 80 valence electrons. The predicted octanol–water partition coefficient (Wildman–Crippen LogP) is 1.48. The lowest BCUT2D eigenvalue weighted by atomic mass is 9.94. The van der Waals surface area contributed by atoms with Crippen LogP contribution in [0.25, 0.3) is 0 Å². The molecule has 1 saturated heterocycles. The molecule has 0 saturated carbocycles. The quantitative estimate of drug-likeness (QED) is 0.647. The molecule has 1 heterocycles. The third-order valence-electron chi connectivity index (χ3n) is 2.19. The van der Waals surface area contributed by atoms with Crippen molar-refractivity contribution in [3.63, 3.8) is 0 Å². The lowest BCUT2D eigenvalue weighted by Crippen LogP contribution is -2.45. The summed E-state index contributed by atoms with van der Waals surface area (Å²) in [6.07, 6.45) is -4.55. The van der Waals surface area contributed by atoms with Crippen LogP contribution in [0.4, 0.5) is 13.2 Å². The fraction of sp³-hybridized carbons (Fsp3) is 1.00. The minimum Gasteiger partial charge on any atom is -0.380 e. The molecule has 0 amide bonds. The van der Waals surface area contributed by atoms with Crippen molar-refractivity contribution in [2.24, 2.45) is 0 Å². The molecular weight excluding hydrogens is 207 g/mol. The van der Waals surface area contributed by atoms with Gasteiger partial charge in [0.25, 0.3) is 0 Å². The Morgan fingerprint density at radius 2 is 1.77 bits per heavy atom. The average Bonchev–Trinajstić information content (AvgIpc) is 2.12. The number of hydrogen-bond donors (Lipinski definition) is 2. The van der Waals surface area contributed by atoms with E-state index in [1.54, 1.807) is 0 Å². The van der Waals surface area contributed by atoms with E-state index < -0.39 is 11.8 Å². The fourth-order valence-electron chi connectivity index (χ4n) is 1.33. The van der Waals surface area contributed by atoms with Crippen molar-refractivity contribution in [3.8, 4) is 0 Å². The Bertz CT molecular complexity index is 154. The molecular formula is C7H13ClF3NO. The number of aliphatic hydroxyl groups is 1. The first-order chi connectivity index (χ1) is 5.46. The molecule has 1 aliphatic rings. The molecule has 0 aromatic heterocycles. The Kier molecular flexibility index (Phi) is 4.48. The number of rotatable bonds is 0. The van der Waals surface area contributed by atoms with E-state index in [-0.39, 0.29) is 31.8 Å². The van der Waals surface area contributed by atoms with E-state index >= 15 is 0 Å². The maximum absolute atomic E-state index is 12.2. The maximum Gasteiger partial charge on any atom is 0.417 e. The molecule has 1 unspecified atom stereocenters. The molecule has 1 fully saturated rings. The first-order valence-corrected chi connectivity index (χ1v) is 3.95. The van der Waals surface area contributed by atoms with Crippen LogP contribution in [-0.2, 0) is 0 Å². The second-order valence-corrected chi connectivity index (χ2v) is 3.13. The van der Waals surface area contributed by atoms with Crippen LogP contribution in [0, 0.1) is 0 Å². The van der Waals surface area contributed by atoms with Gasteiger partial charge >= 0.3 is 6.18 Å². The van der Waals surface area contributed by atoms with Gasteiger partial charge in [0.2, 0.25) is 0 Å². The summed E-state index contributed by atoms with van der Waals surface area (Å²) in [5, 5.41) is 12.0. The minimum absolute atomic E-state index is 0. The second-order valence-electron chi connectivity index (χ2n) is 3.13. The molecule has 2 nitrogen and oxygen atoms in total. The average molecular weight is 220 g/mol. The third kappa shape index (κ3) is 3.00. The Labute approximate surface area is 80.9 Å². The van der Waals surface area contributed by atoms with Crippen LogP contribution in [0.15, 0.2) is 0 Å². The van der Waals surface area contributed by atoms with E-state index in [0.29, 0.717) is 13.0 Å². The zero-order valence-electron chi connectivity index (χ0n) is 7.02. The van der Waals surface area contributed by atoms with Crippen LogP contribution in [0.5, 0.6) is 0 Å². The lowest BCUT2D eigenvalue weighted by molar-refractivity contribution is -0.263. The summed E-state index contributed by atoms with van der Waals surface area (Å²) in [6.45, 7) is 0.786. The highest BCUT2D eigenvalue weighted by Crippen LogP contribution is 2.37. The Hall–Kier alpha value is -0.0000000000000000486. The summed E-state index contributed by atoms with van der Waals surface area (Å²) in [7, 11) is 0. The smallest absolute Gasteiger partial charge is 0.380 e. The summed E-state index contributed by atoms with van der Waals surface area (Å²) in [4.78, 5) is 0. The van der Waals surface area contributed by atoms with E-state index in [2.05, 4.69) is 5.32 Å². The summed E-state index contributed by atoms with van der Waals surface area (Å²) in [5.74, 6) is 0. The zero-order chi connectivity index (χ0) is 9.24. The summed E-state index contributed by atoms with van der Waals surface area (Å²) >= 11 is 0. The fourth-order valence-corrected chi connectivity index (χ4v) is 1.33.